The lowest BCUT2D eigenvalue weighted by atomic mass is 10.0. The van der Waals surface area contributed by atoms with Crippen LogP contribution in [0, 0.1) is 5.82 Å². The van der Waals surface area contributed by atoms with Gasteiger partial charge in [0.05, 0.1) is 18.8 Å². The molecule has 23 heavy (non-hydrogen) atoms. The Balaban J connectivity index is 1.93. The average Bonchev–Trinajstić information content (AvgIpc) is 3.28. The number of ether oxygens (including phenoxy) is 2. The maximum atomic E-state index is 14.2. The Morgan fingerprint density at radius 2 is 2.09 bits per heavy atom. The van der Waals surface area contributed by atoms with Crippen LogP contribution in [0.3, 0.4) is 0 Å². The van der Waals surface area contributed by atoms with E-state index >= 15 is 0 Å². The van der Waals surface area contributed by atoms with Crippen LogP contribution >= 0.6 is 0 Å². The molecule has 1 saturated carbocycles. The zero-order valence-electron chi connectivity index (χ0n) is 12.9. The van der Waals surface area contributed by atoms with Gasteiger partial charge in [-0.1, -0.05) is 0 Å². The van der Waals surface area contributed by atoms with Crippen molar-refractivity contribution in [2.24, 2.45) is 0 Å². The van der Waals surface area contributed by atoms with Gasteiger partial charge in [0.1, 0.15) is 18.3 Å². The first kappa shape index (κ1) is 15.7. The summed E-state index contributed by atoms with van der Waals surface area (Å²) < 4.78 is 24.2. The molecule has 0 aromatic heterocycles. The summed E-state index contributed by atoms with van der Waals surface area (Å²) in [6.45, 7) is 1.54. The SMILES string of the molecule is COC(=O)[C@@H]1[C@@H](C)OCN1C(=O)c1cc(C2CC2)c(O)cc1F. The van der Waals surface area contributed by atoms with Crippen LogP contribution < -0.4 is 0 Å². The number of hydrogen-bond acceptors (Lipinski definition) is 5. The second-order valence-electron chi connectivity index (χ2n) is 5.91. The molecular weight excluding hydrogens is 305 g/mol. The number of benzene rings is 1. The Labute approximate surface area is 132 Å². The minimum Gasteiger partial charge on any atom is -0.508 e. The summed E-state index contributed by atoms with van der Waals surface area (Å²) in [5, 5.41) is 9.83. The van der Waals surface area contributed by atoms with Crippen LogP contribution in [0.2, 0.25) is 0 Å². The number of nitrogens with zero attached hydrogens (tertiary/aromatic N) is 1. The van der Waals surface area contributed by atoms with Gasteiger partial charge in [-0.2, -0.15) is 0 Å². The summed E-state index contributed by atoms with van der Waals surface area (Å²) in [6, 6.07) is 1.42. The van der Waals surface area contributed by atoms with Crippen molar-refractivity contribution in [1.29, 1.82) is 0 Å². The first-order chi connectivity index (χ1) is 10.9. The highest BCUT2D eigenvalue weighted by Crippen LogP contribution is 2.44. The summed E-state index contributed by atoms with van der Waals surface area (Å²) in [7, 11) is 1.22. The molecule has 2 atom stereocenters. The van der Waals surface area contributed by atoms with Crippen molar-refractivity contribution < 1.29 is 28.6 Å². The topological polar surface area (TPSA) is 76.1 Å². The molecule has 1 heterocycles. The molecular formula is C16H18FNO5. The van der Waals surface area contributed by atoms with Gasteiger partial charge in [-0.05, 0) is 37.3 Å². The molecule has 2 fully saturated rings. The van der Waals surface area contributed by atoms with E-state index in [4.69, 9.17) is 9.47 Å². The largest absolute Gasteiger partial charge is 0.508 e. The third-order valence-electron chi connectivity index (χ3n) is 4.32. The van der Waals surface area contributed by atoms with E-state index in [1.165, 1.54) is 13.2 Å². The first-order valence-corrected chi connectivity index (χ1v) is 7.46. The molecule has 3 rings (SSSR count). The lowest BCUT2D eigenvalue weighted by Crippen LogP contribution is -2.45. The number of phenolic OH excluding ortho intramolecular Hbond substituents is 1. The minimum absolute atomic E-state index is 0.112. The van der Waals surface area contributed by atoms with E-state index in [0.717, 1.165) is 23.8 Å². The summed E-state index contributed by atoms with van der Waals surface area (Å²) in [5.74, 6) is -2.06. The van der Waals surface area contributed by atoms with Gasteiger partial charge in [-0.25, -0.2) is 9.18 Å². The smallest absolute Gasteiger partial charge is 0.331 e. The average molecular weight is 323 g/mol. The van der Waals surface area contributed by atoms with Crippen molar-refractivity contribution in [3.63, 3.8) is 0 Å². The molecule has 2 aliphatic rings. The molecule has 7 heteroatoms. The van der Waals surface area contributed by atoms with Gasteiger partial charge < -0.3 is 14.6 Å². The molecule has 0 spiro atoms. The van der Waals surface area contributed by atoms with E-state index in [0.29, 0.717) is 5.56 Å². The second kappa shape index (κ2) is 5.81. The Morgan fingerprint density at radius 3 is 2.70 bits per heavy atom. The van der Waals surface area contributed by atoms with Crippen LogP contribution in [-0.4, -0.2) is 47.9 Å². The zero-order chi connectivity index (χ0) is 16.7. The van der Waals surface area contributed by atoms with E-state index in [-0.39, 0.29) is 24.0 Å². The fraction of sp³-hybridized carbons (Fsp3) is 0.500. The molecule has 0 bridgehead atoms. The lowest BCUT2D eigenvalue weighted by Gasteiger charge is -2.22. The number of rotatable bonds is 3. The zero-order valence-corrected chi connectivity index (χ0v) is 12.9. The van der Waals surface area contributed by atoms with Gasteiger partial charge in [0, 0.05) is 6.07 Å². The number of halogens is 1. The highest BCUT2D eigenvalue weighted by molar-refractivity contribution is 5.97. The predicted octanol–water partition coefficient (Wildman–Crippen LogP) is 1.77. The number of amides is 1. The van der Waals surface area contributed by atoms with Crippen LogP contribution in [0.1, 0.15) is 41.6 Å². The van der Waals surface area contributed by atoms with E-state index in [1.54, 1.807) is 6.92 Å². The lowest BCUT2D eigenvalue weighted by molar-refractivity contribution is -0.145. The molecule has 1 aliphatic carbocycles. The highest BCUT2D eigenvalue weighted by atomic mass is 19.1. The molecule has 0 radical (unpaired) electrons. The molecule has 1 aromatic rings. The quantitative estimate of drug-likeness (QED) is 0.858. The maximum absolute atomic E-state index is 14.2. The van der Waals surface area contributed by atoms with Crippen molar-refractivity contribution in [1.82, 2.24) is 4.90 Å². The maximum Gasteiger partial charge on any atom is 0.331 e. The summed E-state index contributed by atoms with van der Waals surface area (Å²) in [6.07, 6.45) is 1.28. The van der Waals surface area contributed by atoms with E-state index in [1.807, 2.05) is 0 Å². The number of esters is 1. The van der Waals surface area contributed by atoms with Gasteiger partial charge in [0.15, 0.2) is 6.04 Å². The third kappa shape index (κ3) is 2.76. The Morgan fingerprint density at radius 1 is 1.39 bits per heavy atom. The van der Waals surface area contributed by atoms with Crippen molar-refractivity contribution in [2.75, 3.05) is 13.8 Å². The number of carbonyl (C=O) groups excluding carboxylic acids is 2. The van der Waals surface area contributed by atoms with Crippen molar-refractivity contribution >= 4 is 11.9 Å². The molecule has 1 saturated heterocycles. The molecule has 0 unspecified atom stereocenters. The van der Waals surface area contributed by atoms with Gasteiger partial charge in [-0.3, -0.25) is 9.69 Å². The summed E-state index contributed by atoms with van der Waals surface area (Å²) in [4.78, 5) is 25.7. The highest BCUT2D eigenvalue weighted by Gasteiger charge is 2.42. The molecule has 1 aromatic carbocycles. The number of phenols is 1. The monoisotopic (exact) mass is 323 g/mol. The number of carbonyl (C=O) groups is 2. The number of methoxy groups -OCH3 is 1. The fourth-order valence-corrected chi connectivity index (χ4v) is 2.87. The molecule has 6 nitrogen and oxygen atoms in total. The molecule has 1 N–H and O–H groups in total. The van der Waals surface area contributed by atoms with Crippen molar-refractivity contribution in [2.45, 2.75) is 37.8 Å². The van der Waals surface area contributed by atoms with E-state index in [2.05, 4.69) is 0 Å². The van der Waals surface area contributed by atoms with Gasteiger partial charge in [0.25, 0.3) is 5.91 Å². The Hall–Kier alpha value is -2.15. The fourth-order valence-electron chi connectivity index (χ4n) is 2.87. The standard InChI is InChI=1S/C16H18FNO5/c1-8-14(16(21)22-2)18(7-23-8)15(20)11-5-10(9-3-4-9)13(19)6-12(11)17/h5-6,8-9,14,19H,3-4,7H2,1-2H3/t8-,14+/m1/s1. The van der Waals surface area contributed by atoms with Crippen LogP contribution in [0.15, 0.2) is 12.1 Å². The van der Waals surface area contributed by atoms with Gasteiger partial charge in [-0.15, -0.1) is 0 Å². The van der Waals surface area contributed by atoms with Crippen LogP contribution in [-0.2, 0) is 14.3 Å². The Bertz CT molecular complexity index is 658. The van der Waals surface area contributed by atoms with Gasteiger partial charge in [0.2, 0.25) is 0 Å². The van der Waals surface area contributed by atoms with Crippen LogP contribution in [0.5, 0.6) is 5.75 Å². The normalized spacial score (nSPS) is 23.9. The van der Waals surface area contributed by atoms with Crippen LogP contribution in [0.4, 0.5) is 4.39 Å². The summed E-state index contributed by atoms with van der Waals surface area (Å²) >= 11 is 0. The molecule has 1 amide bonds. The second-order valence-corrected chi connectivity index (χ2v) is 5.91. The minimum atomic E-state index is -0.912. The van der Waals surface area contributed by atoms with E-state index < -0.39 is 29.8 Å². The third-order valence-corrected chi connectivity index (χ3v) is 4.32. The number of aromatic hydroxyl groups is 1. The van der Waals surface area contributed by atoms with Gasteiger partial charge >= 0.3 is 5.97 Å². The first-order valence-electron chi connectivity index (χ1n) is 7.46. The van der Waals surface area contributed by atoms with Crippen LogP contribution in [0.25, 0.3) is 0 Å². The Kier molecular flexibility index (Phi) is 3.97. The van der Waals surface area contributed by atoms with Crippen molar-refractivity contribution in [3.8, 4) is 5.75 Å². The summed E-state index contributed by atoms with van der Waals surface area (Å²) in [5.41, 5.74) is 0.397. The predicted molar refractivity (Wildman–Crippen MR) is 77.4 cm³/mol. The number of hydrogen-bond donors (Lipinski definition) is 1. The van der Waals surface area contributed by atoms with E-state index in [9.17, 15) is 19.1 Å². The molecule has 124 valence electrons. The molecule has 1 aliphatic heterocycles. The van der Waals surface area contributed by atoms with Crippen molar-refractivity contribution in [3.05, 3.63) is 29.1 Å².